The predicted octanol–water partition coefficient (Wildman–Crippen LogP) is 2.17. The Bertz CT molecular complexity index is 782. The smallest absolute Gasteiger partial charge is 0.302 e. The van der Waals surface area contributed by atoms with Crippen LogP contribution in [-0.4, -0.2) is 64.6 Å². The van der Waals surface area contributed by atoms with Crippen LogP contribution in [0.4, 0.5) is 0 Å². The second-order valence-corrected chi connectivity index (χ2v) is 10.8. The first-order valence-electron chi connectivity index (χ1n) is 11.6. The van der Waals surface area contributed by atoms with Crippen molar-refractivity contribution in [3.05, 3.63) is 0 Å². The first kappa shape index (κ1) is 25.1. The van der Waals surface area contributed by atoms with E-state index in [0.717, 1.165) is 0 Å². The van der Waals surface area contributed by atoms with Crippen molar-refractivity contribution in [1.29, 1.82) is 0 Å². The highest BCUT2D eigenvalue weighted by molar-refractivity contribution is 5.88. The summed E-state index contributed by atoms with van der Waals surface area (Å²) in [5.74, 6) is -2.43. The Balaban J connectivity index is 2.13. The lowest BCUT2D eigenvalue weighted by molar-refractivity contribution is -0.278. The number of Topliss-reactive ketones (excluding diaryl/α,β-unsaturated/α-hetero) is 1. The van der Waals surface area contributed by atoms with Crippen LogP contribution in [0.1, 0.15) is 73.6 Å². The topological polar surface area (TPSA) is 119 Å². The predicted molar refractivity (Wildman–Crippen MR) is 114 cm³/mol. The van der Waals surface area contributed by atoms with Gasteiger partial charge >= 0.3 is 11.9 Å². The fraction of sp³-hybridized carbons (Fsp3) is 0.875. The second-order valence-electron chi connectivity index (χ2n) is 10.8. The van der Waals surface area contributed by atoms with E-state index in [2.05, 4.69) is 0 Å². The molecule has 2 aliphatic carbocycles. The first-order valence-corrected chi connectivity index (χ1v) is 11.6. The Morgan fingerprint density at radius 2 is 1.78 bits per heavy atom. The lowest BCUT2D eigenvalue weighted by Crippen LogP contribution is -2.73. The quantitative estimate of drug-likeness (QED) is 0.607. The Morgan fingerprint density at radius 3 is 2.34 bits per heavy atom. The molecule has 3 rings (SSSR count). The van der Waals surface area contributed by atoms with E-state index in [0.29, 0.717) is 32.1 Å². The molecule has 182 valence electrons. The summed E-state index contributed by atoms with van der Waals surface area (Å²) in [6.07, 6.45) is 0.938. The number of esters is 2. The Hall–Kier alpha value is -1.51. The zero-order chi connectivity index (χ0) is 24.1. The molecule has 8 heteroatoms. The Morgan fingerprint density at radius 1 is 1.12 bits per heavy atom. The molecule has 32 heavy (non-hydrogen) atoms. The molecule has 0 unspecified atom stereocenters. The molecular weight excluding hydrogens is 416 g/mol. The van der Waals surface area contributed by atoms with Crippen LogP contribution in [0.15, 0.2) is 0 Å². The van der Waals surface area contributed by atoms with Gasteiger partial charge in [-0.1, -0.05) is 20.8 Å². The molecule has 0 aromatic rings. The summed E-state index contributed by atoms with van der Waals surface area (Å²) in [6.45, 7) is 10.2. The maximum Gasteiger partial charge on any atom is 0.302 e. The Kier molecular flexibility index (Phi) is 6.57. The number of rotatable bonds is 5. The van der Waals surface area contributed by atoms with Crippen LogP contribution in [0.2, 0.25) is 0 Å². The molecule has 2 N–H and O–H groups in total. The van der Waals surface area contributed by atoms with E-state index in [-0.39, 0.29) is 19.0 Å². The fourth-order valence-corrected chi connectivity index (χ4v) is 7.12. The van der Waals surface area contributed by atoms with E-state index in [1.165, 1.54) is 13.8 Å². The minimum Gasteiger partial charge on any atom is -0.465 e. The number of carbonyl (C=O) groups excluding carboxylic acids is 3. The number of ether oxygens (including phenoxy) is 3. The van der Waals surface area contributed by atoms with Crippen molar-refractivity contribution in [3.63, 3.8) is 0 Å². The summed E-state index contributed by atoms with van der Waals surface area (Å²) in [7, 11) is 0. The molecular formula is C24H38O8. The van der Waals surface area contributed by atoms with Crippen LogP contribution >= 0.6 is 0 Å². The number of aliphatic hydroxyl groups excluding tert-OH is 2. The number of aliphatic hydroxyl groups is 2. The van der Waals surface area contributed by atoms with Gasteiger partial charge in [0.2, 0.25) is 0 Å². The first-order chi connectivity index (χ1) is 14.8. The molecule has 1 spiro atoms. The van der Waals surface area contributed by atoms with Gasteiger partial charge in [-0.25, -0.2) is 0 Å². The number of fused-ring (bicyclic) bond motifs is 2. The van der Waals surface area contributed by atoms with Gasteiger partial charge < -0.3 is 24.4 Å². The van der Waals surface area contributed by atoms with Crippen LogP contribution in [-0.2, 0) is 28.6 Å². The van der Waals surface area contributed by atoms with E-state index in [1.807, 2.05) is 27.7 Å². The fourth-order valence-electron chi connectivity index (χ4n) is 7.12. The highest BCUT2D eigenvalue weighted by Crippen LogP contribution is 2.67. The van der Waals surface area contributed by atoms with Gasteiger partial charge in [0.15, 0.2) is 5.78 Å². The average Bonchev–Trinajstić information content (AvgIpc) is 3.05. The maximum atomic E-state index is 13.4. The SMILES string of the molecule is CC(=O)OC[C@@]1(C)[C@H](OC(C)=O)CC[C@@]2(C)[C@H]1[C@H](O)C(=O)[C@@H](C)[C@]21CC[C@@](C)(CCO)O1. The van der Waals surface area contributed by atoms with Gasteiger partial charge in [-0.2, -0.15) is 0 Å². The van der Waals surface area contributed by atoms with Crippen molar-refractivity contribution >= 4 is 17.7 Å². The molecule has 1 saturated heterocycles. The van der Waals surface area contributed by atoms with E-state index < -0.39 is 58.0 Å². The van der Waals surface area contributed by atoms with Crippen LogP contribution < -0.4 is 0 Å². The van der Waals surface area contributed by atoms with E-state index in [1.54, 1.807) is 0 Å². The van der Waals surface area contributed by atoms with Crippen molar-refractivity contribution in [1.82, 2.24) is 0 Å². The largest absolute Gasteiger partial charge is 0.465 e. The summed E-state index contributed by atoms with van der Waals surface area (Å²) in [5.41, 5.74) is -3.03. The van der Waals surface area contributed by atoms with Crippen molar-refractivity contribution in [2.24, 2.45) is 22.7 Å². The second kappa shape index (κ2) is 8.37. The molecule has 2 saturated carbocycles. The molecule has 1 heterocycles. The van der Waals surface area contributed by atoms with Crippen LogP contribution in [0.25, 0.3) is 0 Å². The minimum atomic E-state index is -1.30. The van der Waals surface area contributed by atoms with E-state index in [4.69, 9.17) is 14.2 Å². The zero-order valence-corrected chi connectivity index (χ0v) is 20.1. The third kappa shape index (κ3) is 3.68. The molecule has 8 atom stereocenters. The lowest BCUT2D eigenvalue weighted by atomic mass is 9.42. The molecule has 0 radical (unpaired) electrons. The normalized spacial score (nSPS) is 46.1. The lowest BCUT2D eigenvalue weighted by Gasteiger charge is -2.65. The molecule has 3 fully saturated rings. The highest BCUT2D eigenvalue weighted by Gasteiger charge is 2.73. The highest BCUT2D eigenvalue weighted by atomic mass is 16.6. The number of hydrogen-bond acceptors (Lipinski definition) is 8. The zero-order valence-electron chi connectivity index (χ0n) is 20.1. The van der Waals surface area contributed by atoms with Crippen molar-refractivity contribution in [3.8, 4) is 0 Å². The molecule has 0 bridgehead atoms. The summed E-state index contributed by atoms with van der Waals surface area (Å²) in [5, 5.41) is 20.9. The van der Waals surface area contributed by atoms with Crippen LogP contribution in [0.5, 0.6) is 0 Å². The monoisotopic (exact) mass is 454 g/mol. The minimum absolute atomic E-state index is 0.0175. The van der Waals surface area contributed by atoms with Crippen LogP contribution in [0, 0.1) is 22.7 Å². The van der Waals surface area contributed by atoms with Crippen LogP contribution in [0.3, 0.4) is 0 Å². The maximum absolute atomic E-state index is 13.4. The summed E-state index contributed by atoms with van der Waals surface area (Å²) in [6, 6.07) is 0. The van der Waals surface area contributed by atoms with E-state index >= 15 is 0 Å². The standard InChI is InChI=1S/C24H38O8/c1-14-18(28)19(29)20-22(5,13-30-15(2)26)17(31-16(3)27)7-8-23(20,6)24(14)10-9-21(4,32-24)11-12-25/h14,17,19-20,25,29H,7-13H2,1-6H3/t14-,17-,19-,20+,21+,22+,23+,24-/m1/s1. The van der Waals surface area contributed by atoms with E-state index in [9.17, 15) is 24.6 Å². The molecule has 0 amide bonds. The summed E-state index contributed by atoms with van der Waals surface area (Å²) < 4.78 is 17.8. The number of hydrogen-bond donors (Lipinski definition) is 2. The van der Waals surface area contributed by atoms with Crippen molar-refractivity contribution in [2.45, 2.75) is 97.1 Å². The summed E-state index contributed by atoms with van der Waals surface area (Å²) in [4.78, 5) is 37.0. The number of carbonyl (C=O) groups is 3. The van der Waals surface area contributed by atoms with Gasteiger partial charge in [0, 0.05) is 43.1 Å². The summed E-state index contributed by atoms with van der Waals surface area (Å²) >= 11 is 0. The molecule has 3 aliphatic rings. The van der Waals surface area contributed by atoms with Gasteiger partial charge in [0.1, 0.15) is 18.8 Å². The van der Waals surface area contributed by atoms with Gasteiger partial charge in [0.25, 0.3) is 0 Å². The third-order valence-electron chi connectivity index (χ3n) is 8.75. The number of ketones is 1. The van der Waals surface area contributed by atoms with Crippen molar-refractivity contribution < 1.29 is 38.8 Å². The molecule has 1 aliphatic heterocycles. The molecule has 8 nitrogen and oxygen atoms in total. The van der Waals surface area contributed by atoms with Crippen molar-refractivity contribution in [2.75, 3.05) is 13.2 Å². The third-order valence-corrected chi connectivity index (χ3v) is 8.75. The molecule has 0 aromatic heterocycles. The van der Waals surface area contributed by atoms with Gasteiger partial charge in [0.05, 0.1) is 11.2 Å². The molecule has 0 aromatic carbocycles. The Labute approximate surface area is 190 Å². The average molecular weight is 455 g/mol. The van der Waals surface area contributed by atoms with Gasteiger partial charge in [-0.15, -0.1) is 0 Å². The van der Waals surface area contributed by atoms with Gasteiger partial charge in [-0.3, -0.25) is 14.4 Å². The van der Waals surface area contributed by atoms with Gasteiger partial charge in [-0.05, 0) is 39.0 Å².